The summed E-state index contributed by atoms with van der Waals surface area (Å²) in [5, 5.41) is 0. The number of pyridine rings is 4. The highest BCUT2D eigenvalue weighted by Crippen LogP contribution is 2.44. The Morgan fingerprint density at radius 1 is 0.486 bits per heavy atom. The zero-order chi connectivity index (χ0) is 23.2. The van der Waals surface area contributed by atoms with Crippen LogP contribution in [0.2, 0.25) is 0 Å². The zero-order valence-electron chi connectivity index (χ0n) is 18.7. The second-order valence-electron chi connectivity index (χ2n) is 8.68. The van der Waals surface area contributed by atoms with Crippen LogP contribution in [-0.2, 0) is 0 Å². The topological polar surface area (TPSA) is 51.6 Å². The van der Waals surface area contributed by atoms with Gasteiger partial charge in [0.05, 0.1) is 22.8 Å². The van der Waals surface area contributed by atoms with Crippen molar-refractivity contribution in [2.75, 3.05) is 0 Å². The minimum absolute atomic E-state index is 0.176. The lowest BCUT2D eigenvalue weighted by Gasteiger charge is -2.07. The molecule has 7 rings (SSSR count). The van der Waals surface area contributed by atoms with Crippen molar-refractivity contribution in [3.63, 3.8) is 0 Å². The molecule has 0 saturated heterocycles. The molecule has 0 radical (unpaired) electrons. The van der Waals surface area contributed by atoms with Crippen LogP contribution in [0.5, 0.6) is 0 Å². The fraction of sp³-hybridized carbons (Fsp3) is 0.0667. The van der Waals surface area contributed by atoms with E-state index < -0.39 is 0 Å². The van der Waals surface area contributed by atoms with Crippen molar-refractivity contribution in [2.45, 2.75) is 11.8 Å². The largest absolute Gasteiger partial charge is 0.254 e. The van der Waals surface area contributed by atoms with E-state index in [1.165, 1.54) is 32.0 Å². The van der Waals surface area contributed by atoms with Crippen molar-refractivity contribution < 1.29 is 0 Å². The van der Waals surface area contributed by atoms with Crippen molar-refractivity contribution in [3.8, 4) is 22.8 Å². The molecule has 0 saturated carbocycles. The Labute approximate surface area is 207 Å². The van der Waals surface area contributed by atoms with Crippen LogP contribution in [0.4, 0.5) is 0 Å². The maximum atomic E-state index is 4.59. The Balaban J connectivity index is 1.16. The smallest absolute Gasteiger partial charge is 0.0930 e. The molecule has 0 aliphatic heterocycles. The molecule has 2 aliphatic rings. The Morgan fingerprint density at radius 3 is 1.17 bits per heavy atom. The highest BCUT2D eigenvalue weighted by Gasteiger charge is 2.29. The maximum Gasteiger partial charge on any atom is 0.0930 e. The number of hydrogen-bond donors (Lipinski definition) is 0. The molecule has 0 fully saturated rings. The van der Waals surface area contributed by atoms with Crippen molar-refractivity contribution >= 4 is 23.5 Å². The first kappa shape index (κ1) is 20.2. The number of nitrogens with zero attached hydrogens (tertiary/aromatic N) is 4. The molecule has 0 N–H and O–H groups in total. The van der Waals surface area contributed by atoms with Gasteiger partial charge in [0.15, 0.2) is 0 Å². The molecule has 5 heteroatoms. The monoisotopic (exact) mass is 468 g/mol. The van der Waals surface area contributed by atoms with E-state index in [-0.39, 0.29) is 11.8 Å². The average molecular weight is 469 g/mol. The lowest BCUT2D eigenvalue weighted by Crippen LogP contribution is -1.92. The van der Waals surface area contributed by atoms with Gasteiger partial charge in [-0.15, -0.1) is 11.3 Å². The van der Waals surface area contributed by atoms with Crippen LogP contribution in [-0.4, -0.2) is 19.9 Å². The fourth-order valence-electron chi connectivity index (χ4n) is 5.15. The van der Waals surface area contributed by atoms with E-state index in [1.807, 2.05) is 49.1 Å². The molecule has 5 heterocycles. The lowest BCUT2D eigenvalue weighted by atomic mass is 9.97. The maximum absolute atomic E-state index is 4.59. The van der Waals surface area contributed by atoms with Crippen LogP contribution in [0.15, 0.2) is 97.6 Å². The first-order chi connectivity index (χ1) is 17.4. The van der Waals surface area contributed by atoms with Gasteiger partial charge in [0.25, 0.3) is 0 Å². The summed E-state index contributed by atoms with van der Waals surface area (Å²) in [6.07, 6.45) is 16.4. The van der Waals surface area contributed by atoms with Crippen LogP contribution >= 0.6 is 11.3 Å². The van der Waals surface area contributed by atoms with E-state index in [1.54, 1.807) is 11.3 Å². The summed E-state index contributed by atoms with van der Waals surface area (Å²) in [7, 11) is 0. The molecule has 0 unspecified atom stereocenters. The summed E-state index contributed by atoms with van der Waals surface area (Å²) >= 11 is 1.79. The van der Waals surface area contributed by atoms with Gasteiger partial charge in [-0.25, -0.2) is 0 Å². The van der Waals surface area contributed by atoms with Gasteiger partial charge in [-0.2, -0.15) is 0 Å². The SMILES string of the molecule is C(=CC1c2cccnc2-c2ncccc21)c1ccc(C=CC2c3cccnc3-c3ncccc32)s1. The third-order valence-electron chi connectivity index (χ3n) is 6.70. The van der Waals surface area contributed by atoms with Crippen LogP contribution in [0, 0.1) is 0 Å². The minimum Gasteiger partial charge on any atom is -0.254 e. The molecule has 0 spiro atoms. The third-order valence-corrected chi connectivity index (χ3v) is 7.71. The van der Waals surface area contributed by atoms with Gasteiger partial charge in [-0.1, -0.05) is 36.4 Å². The fourth-order valence-corrected chi connectivity index (χ4v) is 5.98. The first-order valence-electron chi connectivity index (χ1n) is 11.6. The molecule has 4 nitrogen and oxygen atoms in total. The van der Waals surface area contributed by atoms with E-state index in [9.17, 15) is 0 Å². The quantitative estimate of drug-likeness (QED) is 0.285. The molecule has 35 heavy (non-hydrogen) atoms. The van der Waals surface area contributed by atoms with Gasteiger partial charge in [-0.05, 0) is 70.8 Å². The van der Waals surface area contributed by atoms with Crippen LogP contribution in [0.1, 0.15) is 43.8 Å². The van der Waals surface area contributed by atoms with E-state index in [0.717, 1.165) is 22.8 Å². The van der Waals surface area contributed by atoms with Crippen molar-refractivity contribution in [2.24, 2.45) is 0 Å². The zero-order valence-corrected chi connectivity index (χ0v) is 19.6. The molecular formula is C30H20N4S. The van der Waals surface area contributed by atoms with E-state index >= 15 is 0 Å². The summed E-state index contributed by atoms with van der Waals surface area (Å²) in [5.41, 5.74) is 8.85. The first-order valence-corrected chi connectivity index (χ1v) is 12.4. The average Bonchev–Trinajstić information content (AvgIpc) is 3.59. The van der Waals surface area contributed by atoms with E-state index in [0.29, 0.717) is 0 Å². The van der Waals surface area contributed by atoms with Gasteiger partial charge in [0.1, 0.15) is 0 Å². The molecular weight excluding hydrogens is 448 g/mol. The molecule has 166 valence electrons. The van der Waals surface area contributed by atoms with Gasteiger partial charge in [0, 0.05) is 46.4 Å². The second kappa shape index (κ2) is 8.22. The molecule has 2 aliphatic carbocycles. The number of rotatable bonds is 4. The van der Waals surface area contributed by atoms with Gasteiger partial charge >= 0.3 is 0 Å². The predicted molar refractivity (Wildman–Crippen MR) is 141 cm³/mol. The standard InChI is InChI=1S/C30H20N4S/c1-5-23-21(24-6-2-16-32-28(24)27(23)31-15-1)13-11-19-9-10-20(35-19)12-14-22-25-7-3-17-33-29(25)30-26(22)8-4-18-34-30/h1-18,21-22H. The Hall–Kier alpha value is -4.22. The molecule has 0 aromatic carbocycles. The predicted octanol–water partition coefficient (Wildman–Crippen LogP) is 6.98. The van der Waals surface area contributed by atoms with Gasteiger partial charge < -0.3 is 0 Å². The highest BCUT2D eigenvalue weighted by atomic mass is 32.1. The summed E-state index contributed by atoms with van der Waals surface area (Å²) in [4.78, 5) is 20.8. The Bertz CT molecular complexity index is 1420. The highest BCUT2D eigenvalue weighted by molar-refractivity contribution is 7.13. The third kappa shape index (κ3) is 3.35. The van der Waals surface area contributed by atoms with E-state index in [4.69, 9.17) is 0 Å². The Kier molecular flexibility index (Phi) is 4.74. The molecule has 0 amide bonds. The second-order valence-corrected chi connectivity index (χ2v) is 9.83. The van der Waals surface area contributed by atoms with Crippen LogP contribution in [0.3, 0.4) is 0 Å². The summed E-state index contributed by atoms with van der Waals surface area (Å²) in [5.74, 6) is 0.352. The molecule has 5 aromatic rings. The van der Waals surface area contributed by atoms with Gasteiger partial charge in [0.2, 0.25) is 0 Å². The normalized spacial score (nSPS) is 14.4. The number of aromatic nitrogens is 4. The summed E-state index contributed by atoms with van der Waals surface area (Å²) in [6.45, 7) is 0. The minimum atomic E-state index is 0.176. The van der Waals surface area contributed by atoms with E-state index in [2.05, 4.69) is 80.6 Å². The van der Waals surface area contributed by atoms with Gasteiger partial charge in [-0.3, -0.25) is 19.9 Å². The Morgan fingerprint density at radius 2 is 0.829 bits per heavy atom. The van der Waals surface area contributed by atoms with Crippen molar-refractivity contribution in [1.82, 2.24) is 19.9 Å². The van der Waals surface area contributed by atoms with Crippen molar-refractivity contribution in [1.29, 1.82) is 0 Å². The summed E-state index contributed by atoms with van der Waals surface area (Å²) in [6, 6.07) is 21.0. The molecule has 5 aromatic heterocycles. The number of fused-ring (bicyclic) bond motifs is 6. The number of hydrogen-bond acceptors (Lipinski definition) is 5. The van der Waals surface area contributed by atoms with Crippen molar-refractivity contribution in [3.05, 3.63) is 130 Å². The molecule has 0 bridgehead atoms. The van der Waals surface area contributed by atoms with Crippen LogP contribution in [0.25, 0.3) is 34.9 Å². The lowest BCUT2D eigenvalue weighted by molar-refractivity contribution is 1.06. The summed E-state index contributed by atoms with van der Waals surface area (Å²) < 4.78 is 0. The number of allylic oxidation sites excluding steroid dienone is 2. The number of thiophene rings is 1. The van der Waals surface area contributed by atoms with Crippen LogP contribution < -0.4 is 0 Å². The molecule has 0 atom stereocenters.